The summed E-state index contributed by atoms with van der Waals surface area (Å²) >= 11 is 7.18. The molecule has 8 heteroatoms. The van der Waals surface area contributed by atoms with Gasteiger partial charge in [-0.3, -0.25) is 9.69 Å². The van der Waals surface area contributed by atoms with E-state index in [0.29, 0.717) is 56.9 Å². The molecule has 2 heterocycles. The van der Waals surface area contributed by atoms with Gasteiger partial charge in [-0.1, -0.05) is 24.0 Å². The summed E-state index contributed by atoms with van der Waals surface area (Å²) in [6, 6.07) is 7.83. The first-order valence-electron chi connectivity index (χ1n) is 13.2. The minimum Gasteiger partial charge on any atom is -0.497 e. The number of aliphatic hydroxyl groups excluding tert-OH is 1. The Balaban J connectivity index is 1.31. The lowest BCUT2D eigenvalue weighted by Crippen LogP contribution is -2.57. The van der Waals surface area contributed by atoms with Gasteiger partial charge in [0.05, 0.1) is 19.1 Å². The third kappa shape index (κ3) is 4.61. The molecular weight excluding hydrogens is 506 g/mol. The zero-order valence-corrected chi connectivity index (χ0v) is 22.9. The topological polar surface area (TPSA) is 72.1 Å². The molecule has 5 fully saturated rings. The van der Waals surface area contributed by atoms with Crippen molar-refractivity contribution >= 4 is 40.3 Å². The van der Waals surface area contributed by atoms with Crippen LogP contribution in [0.15, 0.2) is 33.6 Å². The molecular formula is C29H33NO5S2. The molecule has 1 N–H and O–H groups in total. The predicted octanol–water partition coefficient (Wildman–Crippen LogP) is 5.91. The zero-order valence-electron chi connectivity index (χ0n) is 21.3. The van der Waals surface area contributed by atoms with Crippen molar-refractivity contribution in [3.8, 4) is 22.8 Å². The average molecular weight is 540 g/mol. The van der Waals surface area contributed by atoms with Gasteiger partial charge in [0.1, 0.15) is 27.3 Å². The number of ether oxygens (including phenoxy) is 2. The molecule has 0 unspecified atom stereocenters. The molecule has 7 rings (SSSR count). The van der Waals surface area contributed by atoms with Crippen molar-refractivity contribution in [3.63, 3.8) is 0 Å². The largest absolute Gasteiger partial charge is 0.497 e. The SMILES string of the molecule is COc1cc(OC)cc(-c2cc(CCCO)c(/C=C3/SC(=S)N(C4C5CC6CC(C5)CC4C6)C3=O)o2)c1. The number of hydrogen-bond acceptors (Lipinski definition) is 7. The Labute approximate surface area is 227 Å². The quantitative estimate of drug-likeness (QED) is 0.330. The Morgan fingerprint density at radius 1 is 1.05 bits per heavy atom. The second kappa shape index (κ2) is 10.1. The Bertz CT molecular complexity index is 1200. The summed E-state index contributed by atoms with van der Waals surface area (Å²) in [5, 5.41) is 9.46. The molecule has 196 valence electrons. The van der Waals surface area contributed by atoms with Gasteiger partial charge in [0.2, 0.25) is 0 Å². The lowest BCUT2D eigenvalue weighted by molar-refractivity contribution is -0.130. The van der Waals surface area contributed by atoms with Crippen LogP contribution in [0.5, 0.6) is 11.5 Å². The number of carbonyl (C=O) groups is 1. The van der Waals surface area contributed by atoms with Crippen LogP contribution in [-0.2, 0) is 11.2 Å². The van der Waals surface area contributed by atoms with Crippen LogP contribution in [-0.4, -0.2) is 47.1 Å². The number of furan rings is 1. The van der Waals surface area contributed by atoms with Crippen molar-refractivity contribution in [2.75, 3.05) is 20.8 Å². The Hall–Kier alpha value is -2.29. The van der Waals surface area contributed by atoms with E-state index in [4.69, 9.17) is 26.1 Å². The highest BCUT2D eigenvalue weighted by Gasteiger charge is 2.53. The first kappa shape index (κ1) is 25.0. The molecule has 0 atom stereocenters. The van der Waals surface area contributed by atoms with E-state index in [1.54, 1.807) is 14.2 Å². The van der Waals surface area contributed by atoms with Crippen LogP contribution in [0.4, 0.5) is 0 Å². The number of rotatable bonds is 8. The summed E-state index contributed by atoms with van der Waals surface area (Å²) in [6.45, 7) is 0.0848. The van der Waals surface area contributed by atoms with Crippen molar-refractivity contribution in [2.24, 2.45) is 23.7 Å². The van der Waals surface area contributed by atoms with E-state index in [0.717, 1.165) is 23.0 Å². The third-order valence-electron chi connectivity index (χ3n) is 8.64. The molecule has 4 aliphatic carbocycles. The highest BCUT2D eigenvalue weighted by molar-refractivity contribution is 8.26. The molecule has 6 nitrogen and oxygen atoms in total. The molecule has 1 saturated heterocycles. The number of aliphatic hydroxyl groups is 1. The van der Waals surface area contributed by atoms with E-state index in [1.165, 1.54) is 43.9 Å². The normalized spacial score (nSPS) is 29.5. The fourth-order valence-electron chi connectivity index (χ4n) is 7.30. The van der Waals surface area contributed by atoms with Crippen LogP contribution in [0.25, 0.3) is 17.4 Å². The Kier molecular flexibility index (Phi) is 6.84. The molecule has 4 saturated carbocycles. The first-order chi connectivity index (χ1) is 18.0. The van der Waals surface area contributed by atoms with Crippen LogP contribution in [0.3, 0.4) is 0 Å². The lowest BCUT2D eigenvalue weighted by Gasteiger charge is -2.56. The summed E-state index contributed by atoms with van der Waals surface area (Å²) < 4.78 is 17.9. The monoisotopic (exact) mass is 539 g/mol. The Morgan fingerprint density at radius 2 is 1.70 bits per heavy atom. The number of carbonyl (C=O) groups excluding carboxylic acids is 1. The second-order valence-electron chi connectivity index (χ2n) is 10.9. The molecule has 4 bridgehead atoms. The molecule has 0 radical (unpaired) electrons. The van der Waals surface area contributed by atoms with E-state index in [2.05, 4.69) is 0 Å². The van der Waals surface area contributed by atoms with Crippen molar-refractivity contribution in [1.82, 2.24) is 4.90 Å². The summed E-state index contributed by atoms with van der Waals surface area (Å²) in [6.07, 6.45) is 9.45. The average Bonchev–Trinajstić information content (AvgIpc) is 3.42. The van der Waals surface area contributed by atoms with Gasteiger partial charge < -0.3 is 19.0 Å². The van der Waals surface area contributed by atoms with Gasteiger partial charge in [-0.25, -0.2) is 0 Å². The lowest BCUT2D eigenvalue weighted by atomic mass is 9.54. The van der Waals surface area contributed by atoms with E-state index in [-0.39, 0.29) is 18.6 Å². The number of nitrogens with zero attached hydrogens (tertiary/aromatic N) is 1. The number of aryl methyl sites for hydroxylation is 1. The highest BCUT2D eigenvalue weighted by atomic mass is 32.2. The van der Waals surface area contributed by atoms with Crippen LogP contribution in [0.1, 0.15) is 49.8 Å². The van der Waals surface area contributed by atoms with Gasteiger partial charge in [-0.2, -0.15) is 0 Å². The summed E-state index contributed by atoms with van der Waals surface area (Å²) in [4.78, 5) is 16.3. The van der Waals surface area contributed by atoms with E-state index in [9.17, 15) is 9.90 Å². The van der Waals surface area contributed by atoms with Gasteiger partial charge in [0.25, 0.3) is 5.91 Å². The fraction of sp³-hybridized carbons (Fsp3) is 0.517. The van der Waals surface area contributed by atoms with Crippen molar-refractivity contribution in [3.05, 3.63) is 40.5 Å². The molecule has 2 aromatic rings. The number of thioether (sulfide) groups is 1. The molecule has 37 heavy (non-hydrogen) atoms. The van der Waals surface area contributed by atoms with Crippen molar-refractivity contribution in [2.45, 2.75) is 51.0 Å². The maximum atomic E-state index is 13.7. The maximum absolute atomic E-state index is 13.7. The van der Waals surface area contributed by atoms with Crippen LogP contribution >= 0.6 is 24.0 Å². The fourth-order valence-corrected chi connectivity index (χ4v) is 8.61. The van der Waals surface area contributed by atoms with Crippen molar-refractivity contribution in [1.29, 1.82) is 0 Å². The molecule has 5 aliphatic rings. The third-order valence-corrected chi connectivity index (χ3v) is 9.97. The minimum absolute atomic E-state index is 0.0154. The van der Waals surface area contributed by atoms with Crippen LogP contribution in [0.2, 0.25) is 0 Å². The molecule has 1 amide bonds. The minimum atomic E-state index is 0.0154. The van der Waals surface area contributed by atoms with E-state index < -0.39 is 0 Å². The smallest absolute Gasteiger partial charge is 0.266 e. The van der Waals surface area contributed by atoms with Gasteiger partial charge in [-0.05, 0) is 92.4 Å². The first-order valence-corrected chi connectivity index (χ1v) is 14.4. The van der Waals surface area contributed by atoms with Gasteiger partial charge in [0.15, 0.2) is 0 Å². The maximum Gasteiger partial charge on any atom is 0.266 e. The summed E-state index contributed by atoms with van der Waals surface area (Å²) in [7, 11) is 3.23. The standard InChI is InChI=1S/C29H33NO5S2/c1-33-22-11-19(12-23(14-22)34-2)24-13-18(4-3-5-31)25(35-24)15-26-28(32)30(29(36)37-26)27-20-7-16-6-17(9-20)10-21(27)8-16/h11-17,20-21,27,31H,3-10H2,1-2H3/b26-15+. The number of thiocarbonyl (C=S) groups is 1. The Morgan fingerprint density at radius 3 is 2.30 bits per heavy atom. The van der Waals surface area contributed by atoms with Gasteiger partial charge in [0, 0.05) is 30.4 Å². The summed E-state index contributed by atoms with van der Waals surface area (Å²) in [5.74, 6) is 5.50. The van der Waals surface area contributed by atoms with E-state index >= 15 is 0 Å². The van der Waals surface area contributed by atoms with Gasteiger partial charge in [-0.15, -0.1) is 0 Å². The molecule has 1 aliphatic heterocycles. The second-order valence-corrected chi connectivity index (χ2v) is 12.6. The van der Waals surface area contributed by atoms with Crippen molar-refractivity contribution < 1.29 is 23.8 Å². The summed E-state index contributed by atoms with van der Waals surface area (Å²) in [5.41, 5.74) is 1.77. The number of hydrogen-bond donors (Lipinski definition) is 1. The molecule has 1 aromatic carbocycles. The zero-order chi connectivity index (χ0) is 25.7. The number of amides is 1. The predicted molar refractivity (Wildman–Crippen MR) is 148 cm³/mol. The highest BCUT2D eigenvalue weighted by Crippen LogP contribution is 2.56. The van der Waals surface area contributed by atoms with Crippen LogP contribution in [0, 0.1) is 23.7 Å². The van der Waals surface area contributed by atoms with E-state index in [1.807, 2.05) is 35.2 Å². The van der Waals surface area contributed by atoms with Gasteiger partial charge >= 0.3 is 0 Å². The van der Waals surface area contributed by atoms with Crippen LogP contribution < -0.4 is 9.47 Å². The molecule has 0 spiro atoms. The molecule has 1 aromatic heterocycles. The number of methoxy groups -OCH3 is 2. The number of benzene rings is 1.